The second-order valence-corrected chi connectivity index (χ2v) is 8.65. The number of amides is 1. The molecule has 1 heterocycles. The largest absolute Gasteiger partial charge is 0.349 e. The topological polar surface area (TPSA) is 32.3 Å². The Kier molecular flexibility index (Phi) is 5.82. The first-order chi connectivity index (χ1) is 13.6. The van der Waals surface area contributed by atoms with Gasteiger partial charge in [0.25, 0.3) is 0 Å². The lowest BCUT2D eigenvalue weighted by Crippen LogP contribution is -2.40. The van der Waals surface area contributed by atoms with E-state index in [0.717, 1.165) is 32.5 Å². The van der Waals surface area contributed by atoms with Crippen LogP contribution in [0.3, 0.4) is 0 Å². The van der Waals surface area contributed by atoms with Crippen LogP contribution in [0.4, 0.5) is 0 Å². The van der Waals surface area contributed by atoms with Crippen LogP contribution in [0.25, 0.3) is 0 Å². The van der Waals surface area contributed by atoms with Crippen LogP contribution in [0.2, 0.25) is 0 Å². The first-order valence-corrected chi connectivity index (χ1v) is 10.8. The quantitative estimate of drug-likeness (QED) is 0.829. The number of nitrogens with one attached hydrogen (secondary N) is 1. The second-order valence-electron chi connectivity index (χ2n) is 8.65. The van der Waals surface area contributed by atoms with Gasteiger partial charge in [0.15, 0.2) is 0 Å². The van der Waals surface area contributed by atoms with Gasteiger partial charge in [-0.25, -0.2) is 0 Å². The van der Waals surface area contributed by atoms with Gasteiger partial charge in [-0.2, -0.15) is 0 Å². The molecule has 1 fully saturated rings. The predicted molar refractivity (Wildman–Crippen MR) is 114 cm³/mol. The number of carbonyl (C=O) groups is 1. The molecule has 0 radical (unpaired) electrons. The summed E-state index contributed by atoms with van der Waals surface area (Å²) in [4.78, 5) is 15.3. The van der Waals surface area contributed by atoms with Gasteiger partial charge >= 0.3 is 0 Å². The summed E-state index contributed by atoms with van der Waals surface area (Å²) in [5.41, 5.74) is 6.89. The zero-order valence-corrected chi connectivity index (χ0v) is 17.2. The van der Waals surface area contributed by atoms with Crippen molar-refractivity contribution in [3.05, 3.63) is 70.3 Å². The molecule has 4 rings (SSSR count). The molecule has 1 amide bonds. The number of hydrogen-bond acceptors (Lipinski definition) is 2. The Morgan fingerprint density at radius 2 is 1.89 bits per heavy atom. The van der Waals surface area contributed by atoms with Crippen LogP contribution in [0, 0.1) is 12.8 Å². The number of likely N-dealkylation sites (tertiary alicyclic amines) is 1. The molecule has 3 nitrogen and oxygen atoms in total. The van der Waals surface area contributed by atoms with Crippen LogP contribution in [-0.2, 0) is 24.2 Å². The smallest absolute Gasteiger partial charge is 0.223 e. The van der Waals surface area contributed by atoms with E-state index in [9.17, 15) is 4.79 Å². The highest BCUT2D eigenvalue weighted by molar-refractivity contribution is 5.79. The lowest BCUT2D eigenvalue weighted by molar-refractivity contribution is -0.127. The van der Waals surface area contributed by atoms with E-state index < -0.39 is 0 Å². The molecule has 0 unspecified atom stereocenters. The number of piperidine rings is 1. The van der Waals surface area contributed by atoms with Crippen molar-refractivity contribution in [1.82, 2.24) is 10.2 Å². The Bertz CT molecular complexity index is 836. The van der Waals surface area contributed by atoms with E-state index in [0.29, 0.717) is 0 Å². The summed E-state index contributed by atoms with van der Waals surface area (Å²) in [6.07, 6.45) is 5.56. The molecule has 148 valence electrons. The lowest BCUT2D eigenvalue weighted by atomic mass is 9.94. The van der Waals surface area contributed by atoms with Gasteiger partial charge in [0.2, 0.25) is 5.91 Å². The van der Waals surface area contributed by atoms with Crippen LogP contribution in [0.5, 0.6) is 0 Å². The van der Waals surface area contributed by atoms with Crippen molar-refractivity contribution in [1.29, 1.82) is 0 Å². The van der Waals surface area contributed by atoms with Crippen LogP contribution in [0.1, 0.15) is 60.0 Å². The Morgan fingerprint density at radius 1 is 1.11 bits per heavy atom. The maximum Gasteiger partial charge on any atom is 0.223 e. The molecule has 1 saturated heterocycles. The van der Waals surface area contributed by atoms with Gasteiger partial charge in [0.05, 0.1) is 6.04 Å². The summed E-state index contributed by atoms with van der Waals surface area (Å²) in [6.45, 7) is 7.24. The van der Waals surface area contributed by atoms with E-state index in [1.54, 1.807) is 0 Å². The second kappa shape index (κ2) is 8.48. The minimum Gasteiger partial charge on any atom is -0.349 e. The fourth-order valence-corrected chi connectivity index (χ4v) is 4.70. The van der Waals surface area contributed by atoms with Gasteiger partial charge in [0, 0.05) is 12.5 Å². The summed E-state index contributed by atoms with van der Waals surface area (Å²) in [5.74, 6) is 0.369. The van der Waals surface area contributed by atoms with Gasteiger partial charge in [-0.05, 0) is 81.3 Å². The van der Waals surface area contributed by atoms with Gasteiger partial charge in [-0.1, -0.05) is 48.0 Å². The third-order valence-electron chi connectivity index (χ3n) is 6.43. The van der Waals surface area contributed by atoms with Crippen molar-refractivity contribution >= 4 is 5.91 Å². The minimum atomic E-state index is 0.0868. The van der Waals surface area contributed by atoms with Gasteiger partial charge in [-0.3, -0.25) is 9.69 Å². The van der Waals surface area contributed by atoms with Crippen LogP contribution in [0.15, 0.2) is 42.5 Å². The number of aryl methyl sites for hydroxylation is 3. The van der Waals surface area contributed by atoms with Crippen LogP contribution < -0.4 is 5.32 Å². The summed E-state index contributed by atoms with van der Waals surface area (Å²) in [7, 11) is 0. The van der Waals surface area contributed by atoms with Crippen LogP contribution >= 0.6 is 0 Å². The zero-order chi connectivity index (χ0) is 19.5. The highest BCUT2D eigenvalue weighted by Crippen LogP contribution is 2.26. The third kappa shape index (κ3) is 4.47. The number of carbonyl (C=O) groups excluding carboxylic acids is 1. The molecule has 1 N–H and O–H groups in total. The number of benzene rings is 2. The van der Waals surface area contributed by atoms with Crippen molar-refractivity contribution in [3.8, 4) is 0 Å². The first-order valence-electron chi connectivity index (χ1n) is 10.8. The maximum atomic E-state index is 12.8. The van der Waals surface area contributed by atoms with Gasteiger partial charge in [-0.15, -0.1) is 0 Å². The van der Waals surface area contributed by atoms with Gasteiger partial charge in [0.1, 0.15) is 0 Å². The number of rotatable bonds is 5. The molecule has 1 atom stereocenters. The summed E-state index contributed by atoms with van der Waals surface area (Å²) >= 11 is 0. The van der Waals surface area contributed by atoms with Crippen molar-refractivity contribution < 1.29 is 4.79 Å². The number of hydrogen-bond donors (Lipinski definition) is 1. The van der Waals surface area contributed by atoms with E-state index in [-0.39, 0.29) is 17.9 Å². The van der Waals surface area contributed by atoms with E-state index in [1.807, 2.05) is 0 Å². The molecule has 0 spiro atoms. The fraction of sp³-hybridized carbons (Fsp3) is 0.480. The summed E-state index contributed by atoms with van der Waals surface area (Å²) in [5, 5.41) is 3.27. The minimum absolute atomic E-state index is 0.0868. The van der Waals surface area contributed by atoms with E-state index in [4.69, 9.17) is 0 Å². The van der Waals surface area contributed by atoms with E-state index >= 15 is 0 Å². The fourth-order valence-electron chi connectivity index (χ4n) is 4.70. The predicted octanol–water partition coefficient (Wildman–Crippen LogP) is 4.57. The Balaban J connectivity index is 1.28. The first kappa shape index (κ1) is 19.2. The van der Waals surface area contributed by atoms with Crippen molar-refractivity contribution in [3.63, 3.8) is 0 Å². The Hall–Kier alpha value is -2.13. The molecule has 1 aliphatic heterocycles. The van der Waals surface area contributed by atoms with E-state index in [1.165, 1.54) is 47.1 Å². The molecular weight excluding hydrogens is 344 g/mol. The van der Waals surface area contributed by atoms with Gasteiger partial charge < -0.3 is 5.32 Å². The molecular formula is C25H32N2O. The summed E-state index contributed by atoms with van der Waals surface area (Å²) < 4.78 is 0. The molecule has 0 aromatic heterocycles. The summed E-state index contributed by atoms with van der Waals surface area (Å²) in [6, 6.07) is 15.6. The average molecular weight is 377 g/mol. The third-order valence-corrected chi connectivity index (χ3v) is 6.43. The molecule has 28 heavy (non-hydrogen) atoms. The molecule has 2 aliphatic rings. The van der Waals surface area contributed by atoms with Crippen molar-refractivity contribution in [2.75, 3.05) is 13.1 Å². The molecule has 2 aromatic carbocycles. The highest BCUT2D eigenvalue weighted by Gasteiger charge is 2.26. The molecule has 3 heteroatoms. The maximum absolute atomic E-state index is 12.8. The van der Waals surface area contributed by atoms with Crippen LogP contribution in [-0.4, -0.2) is 23.9 Å². The normalized spacial score (nSPS) is 18.6. The van der Waals surface area contributed by atoms with E-state index in [2.05, 4.69) is 66.5 Å². The zero-order valence-electron chi connectivity index (χ0n) is 17.2. The molecule has 1 aliphatic carbocycles. The number of nitrogens with zero attached hydrogens (tertiary/aromatic N) is 1. The molecule has 0 bridgehead atoms. The van der Waals surface area contributed by atoms with Crippen molar-refractivity contribution in [2.24, 2.45) is 5.92 Å². The average Bonchev–Trinajstić information content (AvgIpc) is 3.16. The standard InChI is InChI=1S/C25H32N2O/c1-18-5-3-6-20(15-18)17-27-13-11-22(12-14-27)25(28)26-19(2)23-10-9-21-7-4-8-24(21)16-23/h3,5-6,9-10,15-16,19,22H,4,7-8,11-14,17H2,1-2H3,(H,26,28)/t19-/m0/s1. The molecule has 0 saturated carbocycles. The SMILES string of the molecule is Cc1cccc(CN2CCC(C(=O)N[C@@H](C)c3ccc4c(c3)CCC4)CC2)c1. The van der Waals surface area contributed by atoms with Crippen molar-refractivity contribution in [2.45, 2.75) is 58.5 Å². The lowest BCUT2D eigenvalue weighted by Gasteiger charge is -2.32. The highest BCUT2D eigenvalue weighted by atomic mass is 16.1. The number of fused-ring (bicyclic) bond motifs is 1. The Morgan fingerprint density at radius 3 is 2.68 bits per heavy atom. The monoisotopic (exact) mass is 376 g/mol. The molecule has 2 aromatic rings. The Labute approximate surface area is 169 Å².